The minimum Gasteiger partial charge on any atom is -0.309 e. The third-order valence-corrected chi connectivity index (χ3v) is 5.65. The first-order valence-corrected chi connectivity index (χ1v) is 7.77. The fourth-order valence-corrected chi connectivity index (χ4v) is 4.28. The van der Waals surface area contributed by atoms with E-state index in [2.05, 4.69) is 45.0 Å². The molecule has 0 bridgehead atoms. The number of rotatable bonds is 1. The molecular formula is C14H22NP. The van der Waals surface area contributed by atoms with Crippen LogP contribution in [0.3, 0.4) is 0 Å². The zero-order valence-electron chi connectivity index (χ0n) is 10.5. The molecule has 0 aromatic heterocycles. The lowest BCUT2D eigenvalue weighted by molar-refractivity contribution is 0.590. The Balaban J connectivity index is 2.19. The van der Waals surface area contributed by atoms with Gasteiger partial charge in [-0.25, -0.2) is 0 Å². The predicted octanol–water partition coefficient (Wildman–Crippen LogP) is 4.17. The van der Waals surface area contributed by atoms with Crippen LogP contribution in [0.15, 0.2) is 24.3 Å². The molecule has 2 N–H and O–H groups in total. The van der Waals surface area contributed by atoms with Gasteiger partial charge >= 0.3 is 0 Å². The summed E-state index contributed by atoms with van der Waals surface area (Å²) in [7, 11) is -0.242. The molecule has 2 unspecified atom stereocenters. The second kappa shape index (κ2) is 4.47. The van der Waals surface area contributed by atoms with E-state index in [4.69, 9.17) is 5.50 Å². The van der Waals surface area contributed by atoms with Crippen molar-refractivity contribution < 1.29 is 0 Å². The summed E-state index contributed by atoms with van der Waals surface area (Å²) in [5.74, 6) is 0. The molecule has 0 aliphatic carbocycles. The van der Waals surface area contributed by atoms with Crippen LogP contribution in [0.4, 0.5) is 0 Å². The van der Waals surface area contributed by atoms with Gasteiger partial charge in [0.2, 0.25) is 0 Å². The largest absolute Gasteiger partial charge is 0.309 e. The zero-order chi connectivity index (χ0) is 11.8. The van der Waals surface area contributed by atoms with Crippen LogP contribution in [0.25, 0.3) is 0 Å². The molecule has 1 aliphatic heterocycles. The highest BCUT2D eigenvalue weighted by atomic mass is 31.1. The molecule has 88 valence electrons. The van der Waals surface area contributed by atoms with Crippen LogP contribution in [0.2, 0.25) is 0 Å². The summed E-state index contributed by atoms with van der Waals surface area (Å²) in [6, 6.07) is 9.13. The summed E-state index contributed by atoms with van der Waals surface area (Å²) in [6.45, 7) is 6.77. The number of benzene rings is 1. The Kier molecular flexibility index (Phi) is 3.37. The number of hydrogen-bond acceptors (Lipinski definition) is 1. The Bertz CT molecular complexity index is 350. The van der Waals surface area contributed by atoms with Crippen molar-refractivity contribution in [1.82, 2.24) is 0 Å². The van der Waals surface area contributed by atoms with Gasteiger partial charge in [0.15, 0.2) is 0 Å². The van der Waals surface area contributed by atoms with Gasteiger partial charge < -0.3 is 5.50 Å². The van der Waals surface area contributed by atoms with Crippen molar-refractivity contribution in [3.8, 4) is 0 Å². The minimum absolute atomic E-state index is 0.242. The topological polar surface area (TPSA) is 26.0 Å². The van der Waals surface area contributed by atoms with Crippen LogP contribution in [0, 0.1) is 0 Å². The molecule has 1 fully saturated rings. The molecule has 0 amide bonds. The summed E-state index contributed by atoms with van der Waals surface area (Å²) in [4.78, 5) is 0. The number of nitrogens with two attached hydrogens (primary N) is 1. The van der Waals surface area contributed by atoms with E-state index in [9.17, 15) is 0 Å². The van der Waals surface area contributed by atoms with E-state index in [1.165, 1.54) is 30.1 Å². The summed E-state index contributed by atoms with van der Waals surface area (Å²) in [5.41, 5.74) is 9.98. The Labute approximate surface area is 100 Å². The molecule has 0 saturated carbocycles. The molecule has 1 aromatic rings. The van der Waals surface area contributed by atoms with E-state index in [1.54, 1.807) is 0 Å². The molecule has 1 heterocycles. The third kappa shape index (κ3) is 2.47. The summed E-state index contributed by atoms with van der Waals surface area (Å²) < 4.78 is 0. The van der Waals surface area contributed by atoms with Gasteiger partial charge in [0.1, 0.15) is 0 Å². The molecule has 1 saturated heterocycles. The van der Waals surface area contributed by atoms with Crippen LogP contribution in [-0.2, 0) is 5.41 Å². The molecule has 1 aliphatic rings. The van der Waals surface area contributed by atoms with Crippen molar-refractivity contribution in [2.75, 3.05) is 6.16 Å². The van der Waals surface area contributed by atoms with Crippen molar-refractivity contribution in [1.29, 1.82) is 0 Å². The van der Waals surface area contributed by atoms with Gasteiger partial charge in [0, 0.05) is 5.66 Å². The maximum Gasteiger partial charge on any atom is 0.0170 e. The highest BCUT2D eigenvalue weighted by Crippen LogP contribution is 2.53. The van der Waals surface area contributed by atoms with Gasteiger partial charge in [-0.05, 0) is 43.6 Å². The van der Waals surface area contributed by atoms with Gasteiger partial charge in [0.25, 0.3) is 0 Å². The van der Waals surface area contributed by atoms with Crippen LogP contribution >= 0.6 is 8.07 Å². The van der Waals surface area contributed by atoms with Crippen molar-refractivity contribution in [2.24, 2.45) is 5.50 Å². The second-order valence-electron chi connectivity index (χ2n) is 5.77. The van der Waals surface area contributed by atoms with Crippen molar-refractivity contribution in [3.63, 3.8) is 0 Å². The fourth-order valence-electron chi connectivity index (χ4n) is 2.35. The van der Waals surface area contributed by atoms with E-state index in [0.717, 1.165) is 0 Å². The highest BCUT2D eigenvalue weighted by molar-refractivity contribution is 7.55. The molecule has 2 heteroatoms. The normalized spacial score (nSPS) is 26.0. The Morgan fingerprint density at radius 2 is 1.81 bits per heavy atom. The fraction of sp³-hybridized carbons (Fsp3) is 0.571. The zero-order valence-corrected chi connectivity index (χ0v) is 11.4. The first kappa shape index (κ1) is 12.1. The molecule has 1 nitrogen and oxygen atoms in total. The van der Waals surface area contributed by atoms with Gasteiger partial charge in [-0.2, -0.15) is 0 Å². The maximum absolute atomic E-state index is 6.20. The molecule has 16 heavy (non-hydrogen) atoms. The molecule has 0 radical (unpaired) electrons. The molecule has 1 aromatic carbocycles. The monoisotopic (exact) mass is 235 g/mol. The van der Waals surface area contributed by atoms with Gasteiger partial charge in [0.05, 0.1) is 0 Å². The van der Waals surface area contributed by atoms with Crippen LogP contribution in [-0.4, -0.2) is 6.16 Å². The van der Waals surface area contributed by atoms with E-state index in [0.29, 0.717) is 5.66 Å². The Morgan fingerprint density at radius 3 is 2.25 bits per heavy atom. The third-order valence-electron chi connectivity index (χ3n) is 3.46. The molecule has 2 atom stereocenters. The Morgan fingerprint density at radius 1 is 1.19 bits per heavy atom. The Hall–Kier alpha value is -0.390. The average Bonchev–Trinajstić information content (AvgIpc) is 2.63. The summed E-state index contributed by atoms with van der Waals surface area (Å²) in [6.07, 6.45) is 3.85. The predicted molar refractivity (Wildman–Crippen MR) is 73.1 cm³/mol. The van der Waals surface area contributed by atoms with E-state index in [1.807, 2.05) is 0 Å². The van der Waals surface area contributed by atoms with E-state index >= 15 is 0 Å². The van der Waals surface area contributed by atoms with Gasteiger partial charge in [-0.15, -0.1) is 0 Å². The van der Waals surface area contributed by atoms with Crippen molar-refractivity contribution in [3.05, 3.63) is 35.4 Å². The van der Waals surface area contributed by atoms with Crippen LogP contribution in [0.5, 0.6) is 0 Å². The molecule has 0 spiro atoms. The first-order chi connectivity index (χ1) is 7.48. The second-order valence-corrected chi connectivity index (χ2v) is 7.87. The lowest BCUT2D eigenvalue weighted by atomic mass is 9.86. The standard InChI is InChI=1S/C14H22NP/c1-14(2,3)12-8-6-11(7-9-12)13-5-4-10-16(13)15/h6-9,13H,4-5,10,15H2,1-3H3. The van der Waals surface area contributed by atoms with Gasteiger partial charge in [-0.3, -0.25) is 0 Å². The lowest BCUT2D eigenvalue weighted by Crippen LogP contribution is -2.11. The van der Waals surface area contributed by atoms with Crippen LogP contribution < -0.4 is 5.50 Å². The SMILES string of the molecule is CC(C)(C)c1ccc(C2CCCP2N)cc1. The van der Waals surface area contributed by atoms with Gasteiger partial charge in [-0.1, -0.05) is 45.0 Å². The smallest absolute Gasteiger partial charge is 0.0170 e. The molecular weight excluding hydrogens is 213 g/mol. The quantitative estimate of drug-likeness (QED) is 0.726. The first-order valence-electron chi connectivity index (χ1n) is 6.10. The van der Waals surface area contributed by atoms with Crippen molar-refractivity contribution in [2.45, 2.75) is 44.7 Å². The summed E-state index contributed by atoms with van der Waals surface area (Å²) >= 11 is 0. The summed E-state index contributed by atoms with van der Waals surface area (Å²) in [5, 5.41) is 0. The highest BCUT2D eigenvalue weighted by Gasteiger charge is 2.25. The van der Waals surface area contributed by atoms with Crippen LogP contribution in [0.1, 0.15) is 50.4 Å². The molecule has 2 rings (SSSR count). The van der Waals surface area contributed by atoms with Crippen molar-refractivity contribution >= 4 is 8.07 Å². The van der Waals surface area contributed by atoms with E-state index < -0.39 is 0 Å². The lowest BCUT2D eigenvalue weighted by Gasteiger charge is -2.21. The van der Waals surface area contributed by atoms with E-state index in [-0.39, 0.29) is 13.5 Å². The number of hydrogen-bond donors (Lipinski definition) is 1. The minimum atomic E-state index is -0.242. The average molecular weight is 235 g/mol. The maximum atomic E-state index is 6.20.